The Balaban J connectivity index is 1.46. The number of amides is 1. The first-order valence-corrected chi connectivity index (χ1v) is 11.9. The van der Waals surface area contributed by atoms with E-state index in [0.717, 1.165) is 27.1 Å². The lowest BCUT2D eigenvalue weighted by molar-refractivity contribution is -0.157. The molecule has 0 bridgehead atoms. The van der Waals surface area contributed by atoms with Crippen LogP contribution >= 0.6 is 11.3 Å². The number of fused-ring (bicyclic) bond motifs is 3. The van der Waals surface area contributed by atoms with E-state index in [2.05, 4.69) is 23.5 Å². The van der Waals surface area contributed by atoms with E-state index >= 15 is 0 Å². The number of carbonyl (C=O) groups is 2. The van der Waals surface area contributed by atoms with E-state index in [0.29, 0.717) is 4.88 Å². The maximum absolute atomic E-state index is 12.8. The van der Waals surface area contributed by atoms with Crippen LogP contribution in [-0.4, -0.2) is 30.3 Å². The number of esters is 1. The molecule has 0 unspecified atom stereocenters. The first-order valence-electron chi connectivity index (χ1n) is 11.1. The van der Waals surface area contributed by atoms with Crippen molar-refractivity contribution in [1.82, 2.24) is 5.32 Å². The molecular weight excluding hydrogens is 448 g/mol. The Morgan fingerprint density at radius 3 is 2.21 bits per heavy atom. The Morgan fingerprint density at radius 1 is 1.03 bits per heavy atom. The van der Waals surface area contributed by atoms with Crippen LogP contribution in [0.3, 0.4) is 0 Å². The smallest absolute Gasteiger partial charge is 0.407 e. The lowest BCUT2D eigenvalue weighted by atomic mass is 9.98. The van der Waals surface area contributed by atoms with Gasteiger partial charge in [-0.1, -0.05) is 48.5 Å². The average Bonchev–Trinajstić information content (AvgIpc) is 3.38. The maximum atomic E-state index is 12.8. The summed E-state index contributed by atoms with van der Waals surface area (Å²) in [5.74, 6) is -0.624. The monoisotopic (exact) mass is 474 g/mol. The van der Waals surface area contributed by atoms with Gasteiger partial charge in [-0.05, 0) is 55.2 Å². The molecule has 1 amide bonds. The van der Waals surface area contributed by atoms with Gasteiger partial charge in [-0.2, -0.15) is 5.26 Å². The van der Waals surface area contributed by atoms with Gasteiger partial charge in [0, 0.05) is 17.2 Å². The fraction of sp³-hybridized carbons (Fsp3) is 0.296. The normalized spacial score (nSPS) is 13.4. The minimum Gasteiger partial charge on any atom is -0.458 e. The van der Waals surface area contributed by atoms with Gasteiger partial charge >= 0.3 is 12.1 Å². The number of thiophene rings is 1. The van der Waals surface area contributed by atoms with Gasteiger partial charge in [-0.3, -0.25) is 0 Å². The molecule has 2 aromatic carbocycles. The van der Waals surface area contributed by atoms with E-state index < -0.39 is 23.7 Å². The van der Waals surface area contributed by atoms with Gasteiger partial charge in [-0.15, -0.1) is 11.3 Å². The molecule has 1 atom stereocenters. The number of hydrogen-bond acceptors (Lipinski definition) is 6. The molecule has 1 heterocycles. The third kappa shape index (κ3) is 5.29. The number of nitrogens with one attached hydrogen (secondary N) is 1. The van der Waals surface area contributed by atoms with Crippen molar-refractivity contribution >= 4 is 23.4 Å². The third-order valence-electron chi connectivity index (χ3n) is 5.50. The number of benzene rings is 2. The summed E-state index contributed by atoms with van der Waals surface area (Å²) in [6, 6.07) is 20.8. The first-order chi connectivity index (χ1) is 16.2. The van der Waals surface area contributed by atoms with Gasteiger partial charge in [0.25, 0.3) is 0 Å². The van der Waals surface area contributed by atoms with E-state index in [9.17, 15) is 9.59 Å². The van der Waals surface area contributed by atoms with E-state index in [1.165, 1.54) is 11.3 Å². The molecule has 174 valence electrons. The Labute approximate surface area is 203 Å². The molecule has 1 aliphatic rings. The summed E-state index contributed by atoms with van der Waals surface area (Å²) >= 11 is 1.28. The molecule has 0 saturated heterocycles. The Hall–Kier alpha value is -3.63. The summed E-state index contributed by atoms with van der Waals surface area (Å²) in [6.45, 7) is 5.47. The van der Waals surface area contributed by atoms with Crippen LogP contribution in [0.2, 0.25) is 0 Å². The summed E-state index contributed by atoms with van der Waals surface area (Å²) in [7, 11) is 0. The molecule has 1 N–H and O–H groups in total. The number of rotatable bonds is 6. The van der Waals surface area contributed by atoms with E-state index in [4.69, 9.17) is 14.7 Å². The van der Waals surface area contributed by atoms with Gasteiger partial charge < -0.3 is 14.8 Å². The predicted molar refractivity (Wildman–Crippen MR) is 131 cm³/mol. The minimum atomic E-state index is -0.930. The van der Waals surface area contributed by atoms with Crippen molar-refractivity contribution in [1.29, 1.82) is 5.26 Å². The minimum absolute atomic E-state index is 0.0754. The van der Waals surface area contributed by atoms with Crippen molar-refractivity contribution in [3.63, 3.8) is 0 Å². The molecule has 4 rings (SSSR count). The first kappa shape index (κ1) is 23.5. The number of carbonyl (C=O) groups excluding carboxylic acids is 2. The van der Waals surface area contributed by atoms with Crippen molar-refractivity contribution in [3.05, 3.63) is 81.5 Å². The van der Waals surface area contributed by atoms with Crippen LogP contribution < -0.4 is 5.32 Å². The van der Waals surface area contributed by atoms with E-state index in [-0.39, 0.29) is 18.9 Å². The van der Waals surface area contributed by atoms with Gasteiger partial charge in [0.2, 0.25) is 0 Å². The summed E-state index contributed by atoms with van der Waals surface area (Å²) in [5, 5.41) is 11.8. The number of ether oxygens (including phenoxy) is 2. The fourth-order valence-corrected chi connectivity index (χ4v) is 4.95. The number of nitrogens with zero attached hydrogens (tertiary/aromatic N) is 1. The highest BCUT2D eigenvalue weighted by Gasteiger charge is 2.31. The molecule has 34 heavy (non-hydrogen) atoms. The second-order valence-corrected chi connectivity index (χ2v) is 10.3. The van der Waals surface area contributed by atoms with Crippen molar-refractivity contribution in [2.75, 3.05) is 6.61 Å². The molecule has 7 heteroatoms. The van der Waals surface area contributed by atoms with Gasteiger partial charge in [-0.25, -0.2) is 9.59 Å². The standard InChI is InChI=1S/C27H26N2O4S/c1-27(2,3)33-25(30)24(14-17-12-13-18(15-28)34-17)29-26(31)32-16-23-21-10-6-4-8-19(21)20-9-5-7-11-22(20)23/h4-13,23-24H,14,16H2,1-3H3,(H,29,31)/t24-/m0/s1. The highest BCUT2D eigenvalue weighted by atomic mass is 32.1. The highest BCUT2D eigenvalue weighted by molar-refractivity contribution is 7.12. The molecule has 6 nitrogen and oxygen atoms in total. The van der Waals surface area contributed by atoms with Crippen LogP contribution in [-0.2, 0) is 20.7 Å². The lowest BCUT2D eigenvalue weighted by Gasteiger charge is -2.24. The van der Waals surface area contributed by atoms with E-state index in [1.54, 1.807) is 32.9 Å². The van der Waals surface area contributed by atoms with Crippen molar-refractivity contribution < 1.29 is 19.1 Å². The number of hydrogen-bond donors (Lipinski definition) is 1. The molecule has 0 fully saturated rings. The molecule has 0 radical (unpaired) electrons. The summed E-state index contributed by atoms with van der Waals surface area (Å²) in [4.78, 5) is 26.9. The largest absolute Gasteiger partial charge is 0.458 e. The summed E-state index contributed by atoms with van der Waals surface area (Å²) < 4.78 is 11.1. The molecule has 0 spiro atoms. The Bertz CT molecular complexity index is 1210. The van der Waals surface area contributed by atoms with Crippen LogP contribution in [0.25, 0.3) is 11.1 Å². The van der Waals surface area contributed by atoms with Crippen molar-refractivity contribution in [2.45, 2.75) is 44.8 Å². The average molecular weight is 475 g/mol. The van der Waals surface area contributed by atoms with Gasteiger partial charge in [0.05, 0.1) is 0 Å². The van der Waals surface area contributed by atoms with Crippen LogP contribution in [0.1, 0.15) is 47.6 Å². The van der Waals surface area contributed by atoms with Gasteiger partial charge in [0.15, 0.2) is 0 Å². The van der Waals surface area contributed by atoms with Crippen LogP contribution in [0.15, 0.2) is 60.7 Å². The molecule has 0 saturated carbocycles. The van der Waals surface area contributed by atoms with Crippen molar-refractivity contribution in [2.24, 2.45) is 0 Å². The topological polar surface area (TPSA) is 88.4 Å². The zero-order valence-electron chi connectivity index (χ0n) is 19.3. The van der Waals surface area contributed by atoms with Crippen LogP contribution in [0.5, 0.6) is 0 Å². The summed E-state index contributed by atoms with van der Waals surface area (Å²) in [6.07, 6.45) is -0.472. The maximum Gasteiger partial charge on any atom is 0.407 e. The fourth-order valence-electron chi connectivity index (χ4n) is 4.10. The van der Waals surface area contributed by atoms with Crippen LogP contribution in [0.4, 0.5) is 4.79 Å². The summed E-state index contributed by atoms with van der Waals surface area (Å²) in [5.41, 5.74) is 3.81. The number of alkyl carbamates (subject to hydrolysis) is 1. The molecule has 0 aliphatic heterocycles. The Kier molecular flexibility index (Phi) is 6.71. The molecule has 1 aliphatic carbocycles. The number of nitriles is 1. The predicted octanol–water partition coefficient (Wildman–Crippen LogP) is 5.41. The zero-order chi connectivity index (χ0) is 24.3. The SMILES string of the molecule is CC(C)(C)OC(=O)[C@H](Cc1ccc(C#N)s1)NC(=O)OCC1c2ccccc2-c2ccccc21. The lowest BCUT2D eigenvalue weighted by Crippen LogP contribution is -2.45. The van der Waals surface area contributed by atoms with Crippen molar-refractivity contribution in [3.8, 4) is 17.2 Å². The zero-order valence-corrected chi connectivity index (χ0v) is 20.1. The highest BCUT2D eigenvalue weighted by Crippen LogP contribution is 2.44. The third-order valence-corrected chi connectivity index (χ3v) is 6.52. The second-order valence-electron chi connectivity index (χ2n) is 9.14. The van der Waals surface area contributed by atoms with Crippen LogP contribution in [0, 0.1) is 11.3 Å². The molecular formula is C27H26N2O4S. The molecule has 1 aromatic heterocycles. The Morgan fingerprint density at radius 2 is 1.65 bits per heavy atom. The molecule has 3 aromatic rings. The second kappa shape index (κ2) is 9.70. The quantitative estimate of drug-likeness (QED) is 0.483. The van der Waals surface area contributed by atoms with Gasteiger partial charge in [0.1, 0.15) is 29.2 Å². The van der Waals surface area contributed by atoms with E-state index in [1.807, 2.05) is 36.4 Å².